The number of nitrogens with zero attached hydrogens (tertiary/aromatic N) is 1. The largest absolute Gasteiger partial charge is 0.480 e. The summed E-state index contributed by atoms with van der Waals surface area (Å²) in [7, 11) is 1.91. The summed E-state index contributed by atoms with van der Waals surface area (Å²) in [5.74, 6) is -1.55. The molecular formula is C21H24ClN3O3. The van der Waals surface area contributed by atoms with Crippen LogP contribution in [0.5, 0.6) is 0 Å². The van der Waals surface area contributed by atoms with Gasteiger partial charge in [0.25, 0.3) is 0 Å². The lowest BCUT2D eigenvalue weighted by Crippen LogP contribution is -2.50. The first kappa shape index (κ1) is 21.5. The summed E-state index contributed by atoms with van der Waals surface area (Å²) in [6.07, 6.45) is 2.45. The molecule has 28 heavy (non-hydrogen) atoms. The third-order valence-electron chi connectivity index (χ3n) is 4.65. The van der Waals surface area contributed by atoms with E-state index in [1.807, 2.05) is 72.4 Å². The van der Waals surface area contributed by atoms with E-state index in [2.05, 4.69) is 5.32 Å². The zero-order chi connectivity index (χ0) is 19.4. The zero-order valence-corrected chi connectivity index (χ0v) is 16.4. The van der Waals surface area contributed by atoms with Crippen molar-refractivity contribution in [1.29, 1.82) is 0 Å². The SMILES string of the molecule is Cl.Cn1cc(C[C@@H](NC(=O)[C@@H](N)Cc2ccccc2)C(=O)O)c2ccccc21. The lowest BCUT2D eigenvalue weighted by Gasteiger charge is -2.18. The number of fused-ring (bicyclic) bond motifs is 1. The smallest absolute Gasteiger partial charge is 0.326 e. The van der Waals surface area contributed by atoms with Crippen LogP contribution >= 0.6 is 12.4 Å². The molecule has 1 aromatic heterocycles. The van der Waals surface area contributed by atoms with Crippen LogP contribution in [0.2, 0.25) is 0 Å². The molecule has 2 atom stereocenters. The Labute approximate surface area is 169 Å². The minimum Gasteiger partial charge on any atom is -0.480 e. The molecule has 148 valence electrons. The van der Waals surface area contributed by atoms with Crippen LogP contribution in [0.3, 0.4) is 0 Å². The van der Waals surface area contributed by atoms with Crippen molar-refractivity contribution in [3.05, 3.63) is 71.9 Å². The quantitative estimate of drug-likeness (QED) is 0.565. The Morgan fingerprint density at radius 1 is 1.07 bits per heavy atom. The molecule has 1 heterocycles. The number of aryl methyl sites for hydroxylation is 1. The Bertz CT molecular complexity index is 956. The maximum atomic E-state index is 12.4. The fraction of sp³-hybridized carbons (Fsp3) is 0.238. The summed E-state index contributed by atoms with van der Waals surface area (Å²) < 4.78 is 1.95. The van der Waals surface area contributed by atoms with Crippen molar-refractivity contribution >= 4 is 35.2 Å². The Morgan fingerprint density at radius 3 is 2.39 bits per heavy atom. The van der Waals surface area contributed by atoms with E-state index in [1.165, 1.54) is 0 Å². The number of carbonyl (C=O) groups excluding carboxylic acids is 1. The number of amides is 1. The van der Waals surface area contributed by atoms with Crippen LogP contribution in [0.25, 0.3) is 10.9 Å². The summed E-state index contributed by atoms with van der Waals surface area (Å²) in [4.78, 5) is 24.1. The van der Waals surface area contributed by atoms with Crippen LogP contribution < -0.4 is 11.1 Å². The van der Waals surface area contributed by atoms with Gasteiger partial charge in [-0.2, -0.15) is 0 Å². The molecule has 3 aromatic rings. The second-order valence-electron chi connectivity index (χ2n) is 6.68. The van der Waals surface area contributed by atoms with E-state index in [1.54, 1.807) is 0 Å². The Balaban J connectivity index is 0.00000280. The lowest BCUT2D eigenvalue weighted by molar-refractivity contribution is -0.141. The highest BCUT2D eigenvalue weighted by atomic mass is 35.5. The molecule has 2 aromatic carbocycles. The normalized spacial score (nSPS) is 12.8. The Kier molecular flexibility index (Phi) is 7.20. The lowest BCUT2D eigenvalue weighted by atomic mass is 10.0. The van der Waals surface area contributed by atoms with Crippen molar-refractivity contribution in [2.45, 2.75) is 24.9 Å². The number of hydrogen-bond donors (Lipinski definition) is 3. The Hall–Kier alpha value is -2.83. The van der Waals surface area contributed by atoms with Crippen molar-refractivity contribution in [2.24, 2.45) is 12.8 Å². The molecule has 4 N–H and O–H groups in total. The first-order valence-corrected chi connectivity index (χ1v) is 8.81. The average molecular weight is 402 g/mol. The number of benzene rings is 2. The number of hydrogen-bond acceptors (Lipinski definition) is 3. The van der Waals surface area contributed by atoms with Gasteiger partial charge in [-0.1, -0.05) is 48.5 Å². The first-order chi connectivity index (χ1) is 13.0. The molecular weight excluding hydrogens is 378 g/mol. The number of halogens is 1. The average Bonchev–Trinajstić information content (AvgIpc) is 2.98. The van der Waals surface area contributed by atoms with Gasteiger partial charge < -0.3 is 20.7 Å². The van der Waals surface area contributed by atoms with Crippen molar-refractivity contribution in [3.8, 4) is 0 Å². The molecule has 0 fully saturated rings. The summed E-state index contributed by atoms with van der Waals surface area (Å²) in [5, 5.41) is 13.1. The molecule has 0 saturated carbocycles. The summed E-state index contributed by atoms with van der Waals surface area (Å²) in [6, 6.07) is 15.3. The van der Waals surface area contributed by atoms with Gasteiger partial charge in [-0.15, -0.1) is 12.4 Å². The molecule has 7 heteroatoms. The maximum Gasteiger partial charge on any atom is 0.326 e. The molecule has 3 rings (SSSR count). The van der Waals surface area contributed by atoms with E-state index >= 15 is 0 Å². The summed E-state index contributed by atoms with van der Waals surface area (Å²) in [5.41, 5.74) is 8.80. The van der Waals surface area contributed by atoms with Gasteiger partial charge in [0.15, 0.2) is 0 Å². The predicted octanol–water partition coefficient (Wildman–Crippen LogP) is 2.28. The first-order valence-electron chi connectivity index (χ1n) is 8.81. The number of rotatable bonds is 7. The molecule has 0 bridgehead atoms. The second kappa shape index (κ2) is 9.39. The minimum atomic E-state index is -1.08. The van der Waals surface area contributed by atoms with Crippen molar-refractivity contribution in [2.75, 3.05) is 0 Å². The number of nitrogens with one attached hydrogen (secondary N) is 1. The fourth-order valence-corrected chi connectivity index (χ4v) is 3.25. The van der Waals surface area contributed by atoms with Gasteiger partial charge in [0.05, 0.1) is 6.04 Å². The summed E-state index contributed by atoms with van der Waals surface area (Å²) in [6.45, 7) is 0. The number of aliphatic carboxylic acids is 1. The van der Waals surface area contributed by atoms with E-state index in [0.717, 1.165) is 22.0 Å². The number of carbonyl (C=O) groups is 2. The number of para-hydroxylation sites is 1. The maximum absolute atomic E-state index is 12.4. The van der Waals surface area contributed by atoms with Gasteiger partial charge in [-0.3, -0.25) is 4.79 Å². The van der Waals surface area contributed by atoms with Crippen molar-refractivity contribution in [3.63, 3.8) is 0 Å². The van der Waals surface area contributed by atoms with E-state index in [-0.39, 0.29) is 18.8 Å². The standard InChI is InChI=1S/C21H23N3O3.ClH/c1-24-13-15(16-9-5-6-10-19(16)24)12-18(21(26)27)23-20(25)17(22)11-14-7-3-2-4-8-14;/h2-10,13,17-18H,11-12,22H2,1H3,(H,23,25)(H,26,27);1H/t17-,18+;/m0./s1. The zero-order valence-electron chi connectivity index (χ0n) is 15.5. The van der Waals surface area contributed by atoms with Crippen LogP contribution in [-0.4, -0.2) is 33.6 Å². The third-order valence-corrected chi connectivity index (χ3v) is 4.65. The predicted molar refractivity (Wildman–Crippen MR) is 112 cm³/mol. The monoisotopic (exact) mass is 401 g/mol. The Morgan fingerprint density at radius 2 is 1.71 bits per heavy atom. The van der Waals surface area contributed by atoms with Gasteiger partial charge in [-0.05, 0) is 23.6 Å². The second-order valence-corrected chi connectivity index (χ2v) is 6.68. The molecule has 0 unspecified atom stereocenters. The highest BCUT2D eigenvalue weighted by Gasteiger charge is 2.25. The minimum absolute atomic E-state index is 0. The van der Waals surface area contributed by atoms with E-state index in [9.17, 15) is 14.7 Å². The molecule has 0 spiro atoms. The molecule has 0 radical (unpaired) electrons. The van der Waals surface area contributed by atoms with Crippen molar-refractivity contribution < 1.29 is 14.7 Å². The van der Waals surface area contributed by atoms with Crippen LogP contribution in [0.1, 0.15) is 11.1 Å². The van der Waals surface area contributed by atoms with Crippen LogP contribution in [-0.2, 0) is 29.5 Å². The van der Waals surface area contributed by atoms with E-state index < -0.39 is 24.0 Å². The van der Waals surface area contributed by atoms with Crippen molar-refractivity contribution in [1.82, 2.24) is 9.88 Å². The van der Waals surface area contributed by atoms with Crippen LogP contribution in [0.15, 0.2) is 60.8 Å². The fourth-order valence-electron chi connectivity index (χ4n) is 3.25. The van der Waals surface area contributed by atoms with Gasteiger partial charge >= 0.3 is 5.97 Å². The third kappa shape index (κ3) is 4.91. The van der Waals surface area contributed by atoms with Gasteiger partial charge in [-0.25, -0.2) is 4.79 Å². The summed E-state index contributed by atoms with van der Waals surface area (Å²) >= 11 is 0. The highest BCUT2D eigenvalue weighted by Crippen LogP contribution is 2.21. The molecule has 0 aliphatic heterocycles. The molecule has 1 amide bonds. The van der Waals surface area contributed by atoms with E-state index in [4.69, 9.17) is 5.73 Å². The van der Waals surface area contributed by atoms with Crippen LogP contribution in [0.4, 0.5) is 0 Å². The molecule has 6 nitrogen and oxygen atoms in total. The topological polar surface area (TPSA) is 97.4 Å². The number of aromatic nitrogens is 1. The van der Waals surface area contributed by atoms with Gasteiger partial charge in [0.1, 0.15) is 6.04 Å². The van der Waals surface area contributed by atoms with E-state index in [0.29, 0.717) is 6.42 Å². The molecule has 0 saturated heterocycles. The number of nitrogens with two attached hydrogens (primary N) is 1. The van der Waals surface area contributed by atoms with Gasteiger partial charge in [0, 0.05) is 30.6 Å². The molecule has 0 aliphatic rings. The number of carboxylic acid groups (broad SMARTS) is 1. The number of carboxylic acids is 1. The highest BCUT2D eigenvalue weighted by molar-refractivity contribution is 5.88. The van der Waals surface area contributed by atoms with Crippen LogP contribution in [0, 0.1) is 0 Å². The van der Waals surface area contributed by atoms with Gasteiger partial charge in [0.2, 0.25) is 5.91 Å². The molecule has 0 aliphatic carbocycles.